The summed E-state index contributed by atoms with van der Waals surface area (Å²) in [7, 11) is 0. The van der Waals surface area contributed by atoms with Gasteiger partial charge in [-0.2, -0.15) is 0 Å². The van der Waals surface area contributed by atoms with Gasteiger partial charge in [0, 0.05) is 38.8 Å². The summed E-state index contributed by atoms with van der Waals surface area (Å²) >= 11 is 0. The quantitative estimate of drug-likeness (QED) is 0.908. The van der Waals surface area contributed by atoms with Crippen LogP contribution in [0.3, 0.4) is 0 Å². The van der Waals surface area contributed by atoms with Crippen molar-refractivity contribution in [2.45, 2.75) is 31.8 Å². The Bertz CT molecular complexity index is 386. The summed E-state index contributed by atoms with van der Waals surface area (Å²) in [5.41, 5.74) is 1.45. The van der Waals surface area contributed by atoms with Gasteiger partial charge in [0.2, 0.25) is 0 Å². The Morgan fingerprint density at radius 1 is 0.950 bits per heavy atom. The fraction of sp³-hybridized carbons (Fsp3) is 0.647. The van der Waals surface area contributed by atoms with E-state index in [-0.39, 0.29) is 0 Å². The molecule has 2 saturated heterocycles. The third-order valence-corrected chi connectivity index (χ3v) is 4.71. The van der Waals surface area contributed by atoms with Gasteiger partial charge in [0.15, 0.2) is 0 Å². The Balaban J connectivity index is 1.51. The molecule has 2 heterocycles. The van der Waals surface area contributed by atoms with E-state index in [9.17, 15) is 0 Å². The van der Waals surface area contributed by atoms with Crippen molar-refractivity contribution < 1.29 is 0 Å². The van der Waals surface area contributed by atoms with Crippen molar-refractivity contribution in [3.63, 3.8) is 0 Å². The molecule has 3 nitrogen and oxygen atoms in total. The first-order valence-corrected chi connectivity index (χ1v) is 8.13. The molecule has 0 bridgehead atoms. The van der Waals surface area contributed by atoms with Crippen molar-refractivity contribution in [3.8, 4) is 0 Å². The summed E-state index contributed by atoms with van der Waals surface area (Å²) in [6.45, 7) is 8.46. The summed E-state index contributed by atoms with van der Waals surface area (Å²) in [4.78, 5) is 5.35. The van der Waals surface area contributed by atoms with E-state index in [0.29, 0.717) is 0 Å². The van der Waals surface area contributed by atoms with Gasteiger partial charge in [-0.3, -0.25) is 9.80 Å². The lowest BCUT2D eigenvalue weighted by molar-refractivity contribution is 0.156. The SMILES string of the molecule is c1ccc(CN2CCCC(N3CCNCC3)CC2)cc1. The zero-order valence-corrected chi connectivity index (χ0v) is 12.4. The van der Waals surface area contributed by atoms with E-state index in [1.165, 1.54) is 64.1 Å². The van der Waals surface area contributed by atoms with E-state index < -0.39 is 0 Å². The molecule has 1 unspecified atom stereocenters. The second-order valence-electron chi connectivity index (χ2n) is 6.13. The Morgan fingerprint density at radius 3 is 2.55 bits per heavy atom. The molecular formula is C17H27N3. The van der Waals surface area contributed by atoms with Crippen LogP contribution in [-0.2, 0) is 6.54 Å². The molecule has 0 saturated carbocycles. The molecule has 1 aromatic carbocycles. The molecule has 110 valence electrons. The van der Waals surface area contributed by atoms with Crippen molar-refractivity contribution in [2.75, 3.05) is 39.3 Å². The van der Waals surface area contributed by atoms with E-state index in [0.717, 1.165) is 12.6 Å². The highest BCUT2D eigenvalue weighted by Gasteiger charge is 2.23. The highest BCUT2D eigenvalue weighted by molar-refractivity contribution is 5.14. The summed E-state index contributed by atoms with van der Waals surface area (Å²) in [5, 5.41) is 3.46. The van der Waals surface area contributed by atoms with Crippen LogP contribution in [0.4, 0.5) is 0 Å². The monoisotopic (exact) mass is 273 g/mol. The minimum absolute atomic E-state index is 0.817. The maximum absolute atomic E-state index is 3.46. The van der Waals surface area contributed by atoms with Crippen LogP contribution in [0.2, 0.25) is 0 Å². The predicted molar refractivity (Wildman–Crippen MR) is 83.8 cm³/mol. The minimum atomic E-state index is 0.817. The Labute approximate surface area is 123 Å². The fourth-order valence-corrected chi connectivity index (χ4v) is 3.55. The molecule has 2 aliphatic heterocycles. The zero-order valence-electron chi connectivity index (χ0n) is 12.4. The van der Waals surface area contributed by atoms with E-state index in [2.05, 4.69) is 45.4 Å². The molecule has 0 aliphatic carbocycles. The van der Waals surface area contributed by atoms with Gasteiger partial charge >= 0.3 is 0 Å². The summed E-state index contributed by atoms with van der Waals surface area (Å²) in [6, 6.07) is 11.7. The van der Waals surface area contributed by atoms with Crippen LogP contribution in [-0.4, -0.2) is 55.1 Å². The lowest BCUT2D eigenvalue weighted by Gasteiger charge is -2.34. The molecule has 3 heteroatoms. The molecule has 1 atom stereocenters. The van der Waals surface area contributed by atoms with Crippen molar-refractivity contribution in [1.29, 1.82) is 0 Å². The second kappa shape index (κ2) is 7.21. The Morgan fingerprint density at radius 2 is 1.75 bits per heavy atom. The number of nitrogens with one attached hydrogen (secondary N) is 1. The minimum Gasteiger partial charge on any atom is -0.314 e. The lowest BCUT2D eigenvalue weighted by atomic mass is 10.1. The Hall–Kier alpha value is -0.900. The molecule has 20 heavy (non-hydrogen) atoms. The van der Waals surface area contributed by atoms with Gasteiger partial charge in [0.1, 0.15) is 0 Å². The van der Waals surface area contributed by atoms with Crippen molar-refractivity contribution in [2.24, 2.45) is 0 Å². The van der Waals surface area contributed by atoms with Crippen LogP contribution in [0, 0.1) is 0 Å². The molecule has 2 fully saturated rings. The van der Waals surface area contributed by atoms with Crippen LogP contribution >= 0.6 is 0 Å². The van der Waals surface area contributed by atoms with Gasteiger partial charge in [-0.25, -0.2) is 0 Å². The maximum atomic E-state index is 3.46. The van der Waals surface area contributed by atoms with Crippen molar-refractivity contribution in [3.05, 3.63) is 35.9 Å². The van der Waals surface area contributed by atoms with Crippen LogP contribution < -0.4 is 5.32 Å². The Kier molecular flexibility index (Phi) is 5.06. The summed E-state index contributed by atoms with van der Waals surface area (Å²) in [5.74, 6) is 0. The topological polar surface area (TPSA) is 18.5 Å². The van der Waals surface area contributed by atoms with E-state index in [4.69, 9.17) is 0 Å². The number of benzene rings is 1. The molecule has 0 radical (unpaired) electrons. The number of hydrogen-bond acceptors (Lipinski definition) is 3. The normalized spacial score (nSPS) is 26.3. The summed E-state index contributed by atoms with van der Waals surface area (Å²) < 4.78 is 0. The number of likely N-dealkylation sites (tertiary alicyclic amines) is 1. The third kappa shape index (κ3) is 3.81. The first-order chi connectivity index (χ1) is 9.92. The van der Waals surface area contributed by atoms with Gasteiger partial charge in [-0.05, 0) is 37.9 Å². The second-order valence-corrected chi connectivity index (χ2v) is 6.13. The number of nitrogens with zero attached hydrogens (tertiary/aromatic N) is 2. The highest BCUT2D eigenvalue weighted by atomic mass is 15.2. The molecule has 3 rings (SSSR count). The lowest BCUT2D eigenvalue weighted by Crippen LogP contribution is -2.48. The van der Waals surface area contributed by atoms with Crippen LogP contribution in [0.5, 0.6) is 0 Å². The standard InChI is InChI=1S/C17H27N3/c1-2-5-16(6-3-1)15-19-11-4-7-17(8-12-19)20-13-9-18-10-14-20/h1-3,5-6,17-18H,4,7-15H2. The molecule has 1 N–H and O–H groups in total. The maximum Gasteiger partial charge on any atom is 0.0233 e. The van der Waals surface area contributed by atoms with Crippen LogP contribution in [0.25, 0.3) is 0 Å². The smallest absolute Gasteiger partial charge is 0.0233 e. The molecule has 1 aromatic rings. The largest absolute Gasteiger partial charge is 0.314 e. The third-order valence-electron chi connectivity index (χ3n) is 4.71. The van der Waals surface area contributed by atoms with E-state index in [1.54, 1.807) is 0 Å². The van der Waals surface area contributed by atoms with Crippen molar-refractivity contribution >= 4 is 0 Å². The molecule has 0 amide bonds. The van der Waals surface area contributed by atoms with Gasteiger partial charge < -0.3 is 5.32 Å². The molecular weight excluding hydrogens is 246 g/mol. The zero-order chi connectivity index (χ0) is 13.6. The average molecular weight is 273 g/mol. The van der Waals surface area contributed by atoms with E-state index in [1.807, 2.05) is 0 Å². The van der Waals surface area contributed by atoms with Gasteiger partial charge in [0.25, 0.3) is 0 Å². The van der Waals surface area contributed by atoms with Gasteiger partial charge in [-0.15, -0.1) is 0 Å². The first-order valence-electron chi connectivity index (χ1n) is 8.13. The number of rotatable bonds is 3. The van der Waals surface area contributed by atoms with Crippen molar-refractivity contribution in [1.82, 2.24) is 15.1 Å². The van der Waals surface area contributed by atoms with Gasteiger partial charge in [0.05, 0.1) is 0 Å². The number of piperazine rings is 1. The van der Waals surface area contributed by atoms with Gasteiger partial charge in [-0.1, -0.05) is 30.3 Å². The molecule has 0 spiro atoms. The summed E-state index contributed by atoms with van der Waals surface area (Å²) in [6.07, 6.45) is 4.07. The van der Waals surface area contributed by atoms with Crippen LogP contribution in [0.15, 0.2) is 30.3 Å². The molecule has 2 aliphatic rings. The number of hydrogen-bond donors (Lipinski definition) is 1. The fourth-order valence-electron chi connectivity index (χ4n) is 3.55. The van der Waals surface area contributed by atoms with E-state index >= 15 is 0 Å². The van der Waals surface area contributed by atoms with Crippen LogP contribution in [0.1, 0.15) is 24.8 Å². The first kappa shape index (κ1) is 14.1. The molecule has 0 aromatic heterocycles. The predicted octanol–water partition coefficient (Wildman–Crippen LogP) is 1.95. The highest BCUT2D eigenvalue weighted by Crippen LogP contribution is 2.18. The average Bonchev–Trinajstić information content (AvgIpc) is 2.75.